The van der Waals surface area contributed by atoms with Crippen LogP contribution < -0.4 is 9.62 Å². The Balaban J connectivity index is 1.91. The van der Waals surface area contributed by atoms with E-state index in [9.17, 15) is 17.6 Å². The van der Waals surface area contributed by atoms with Gasteiger partial charge in [0.1, 0.15) is 12.4 Å². The Kier molecular flexibility index (Phi) is 8.37. The number of carbonyl (C=O) groups excluding carboxylic acids is 1. The van der Waals surface area contributed by atoms with Gasteiger partial charge in [0.05, 0.1) is 5.69 Å². The fourth-order valence-corrected chi connectivity index (χ4v) is 5.23. The number of hydrogen-bond donors (Lipinski definition) is 1. The predicted molar refractivity (Wildman–Crippen MR) is 109 cm³/mol. The fraction of sp³-hybridized carbons (Fsp3) is 0.611. The smallest absolute Gasteiger partial charge is 0.304 e. The van der Waals surface area contributed by atoms with E-state index in [0.29, 0.717) is 11.8 Å². The molecular formula is C18H28FN3O3S2. The molecule has 0 unspecified atom stereocenters. The highest BCUT2D eigenvalue weighted by Crippen LogP contribution is 2.27. The Morgan fingerprint density at radius 3 is 2.41 bits per heavy atom. The highest BCUT2D eigenvalue weighted by Gasteiger charge is 2.27. The van der Waals surface area contributed by atoms with Crippen molar-refractivity contribution in [2.75, 3.05) is 37.2 Å². The lowest BCUT2D eigenvalue weighted by Crippen LogP contribution is -2.46. The summed E-state index contributed by atoms with van der Waals surface area (Å²) in [7, 11) is -1.08. The van der Waals surface area contributed by atoms with Gasteiger partial charge in [0.15, 0.2) is 0 Å². The standard InChI is InChI=1S/C18H28FN3O3S2/c1-21(2)27(24,25)22(16-10-8-15(19)9-11-16)14-18(23)20-12-13-26-17-6-4-3-5-7-17/h8-11,17H,3-7,12-14H2,1-2H3,(H,20,23). The van der Waals surface area contributed by atoms with Crippen molar-refractivity contribution in [1.29, 1.82) is 0 Å². The number of rotatable bonds is 9. The van der Waals surface area contributed by atoms with E-state index in [4.69, 9.17) is 0 Å². The third-order valence-corrected chi connectivity index (χ3v) is 7.67. The molecule has 1 aliphatic carbocycles. The second-order valence-corrected chi connectivity index (χ2v) is 10.2. The molecule has 1 fully saturated rings. The van der Waals surface area contributed by atoms with Crippen LogP contribution in [0.2, 0.25) is 0 Å². The zero-order chi connectivity index (χ0) is 19.9. The molecule has 1 aromatic carbocycles. The molecule has 0 saturated heterocycles. The van der Waals surface area contributed by atoms with Gasteiger partial charge in [-0.1, -0.05) is 19.3 Å². The van der Waals surface area contributed by atoms with Crippen molar-refractivity contribution in [1.82, 2.24) is 9.62 Å². The van der Waals surface area contributed by atoms with E-state index in [1.165, 1.54) is 70.5 Å². The maximum absolute atomic E-state index is 13.2. The normalized spacial score (nSPS) is 15.7. The number of nitrogens with zero attached hydrogens (tertiary/aromatic N) is 2. The average Bonchev–Trinajstić information content (AvgIpc) is 2.65. The molecule has 6 nitrogen and oxygen atoms in total. The molecule has 2 rings (SSSR count). The Labute approximate surface area is 165 Å². The summed E-state index contributed by atoms with van der Waals surface area (Å²) in [5, 5.41) is 3.45. The third kappa shape index (κ3) is 6.65. The highest BCUT2D eigenvalue weighted by atomic mass is 32.2. The van der Waals surface area contributed by atoms with Crippen molar-refractivity contribution >= 4 is 33.6 Å². The Morgan fingerprint density at radius 1 is 1.19 bits per heavy atom. The van der Waals surface area contributed by atoms with E-state index in [0.717, 1.165) is 14.4 Å². The largest absolute Gasteiger partial charge is 0.354 e. The minimum absolute atomic E-state index is 0.247. The molecule has 152 valence electrons. The van der Waals surface area contributed by atoms with E-state index in [1.54, 1.807) is 0 Å². The van der Waals surface area contributed by atoms with Crippen LogP contribution in [-0.2, 0) is 15.0 Å². The zero-order valence-corrected chi connectivity index (χ0v) is 17.5. The summed E-state index contributed by atoms with van der Waals surface area (Å²) in [6.07, 6.45) is 6.33. The molecule has 0 atom stereocenters. The van der Waals surface area contributed by atoms with Crippen molar-refractivity contribution < 1.29 is 17.6 Å². The first-order chi connectivity index (χ1) is 12.8. The maximum atomic E-state index is 13.2. The van der Waals surface area contributed by atoms with Crippen molar-refractivity contribution in [3.05, 3.63) is 30.1 Å². The van der Waals surface area contributed by atoms with Gasteiger partial charge in [-0.3, -0.25) is 4.79 Å². The van der Waals surface area contributed by atoms with E-state index < -0.39 is 16.0 Å². The van der Waals surface area contributed by atoms with Crippen molar-refractivity contribution in [3.63, 3.8) is 0 Å². The number of hydrogen-bond acceptors (Lipinski definition) is 4. The summed E-state index contributed by atoms with van der Waals surface area (Å²) in [4.78, 5) is 12.3. The predicted octanol–water partition coefficient (Wildman–Crippen LogP) is 2.62. The molecule has 1 amide bonds. The van der Waals surface area contributed by atoms with Gasteiger partial charge in [0, 0.05) is 31.6 Å². The topological polar surface area (TPSA) is 69.7 Å². The van der Waals surface area contributed by atoms with Gasteiger partial charge < -0.3 is 5.32 Å². The Hall–Kier alpha value is -1.32. The van der Waals surface area contributed by atoms with Crippen LogP contribution in [0, 0.1) is 5.82 Å². The molecule has 0 aliphatic heterocycles. The molecule has 0 bridgehead atoms. The summed E-state index contributed by atoms with van der Waals surface area (Å²) in [5.41, 5.74) is 0.247. The second kappa shape index (κ2) is 10.3. The summed E-state index contributed by atoms with van der Waals surface area (Å²) in [6.45, 7) is 0.152. The van der Waals surface area contributed by atoms with Crippen molar-refractivity contribution in [2.45, 2.75) is 37.4 Å². The molecule has 0 radical (unpaired) electrons. The zero-order valence-electron chi connectivity index (χ0n) is 15.9. The van der Waals surface area contributed by atoms with Gasteiger partial charge in [0.2, 0.25) is 5.91 Å². The Morgan fingerprint density at radius 2 is 1.81 bits per heavy atom. The summed E-state index contributed by atoms with van der Waals surface area (Å²) in [6, 6.07) is 5.05. The minimum atomic E-state index is -3.87. The molecule has 0 spiro atoms. The second-order valence-electron chi connectivity index (χ2n) is 6.75. The minimum Gasteiger partial charge on any atom is -0.354 e. The monoisotopic (exact) mass is 417 g/mol. The van der Waals surface area contributed by atoms with Gasteiger partial charge in [0.25, 0.3) is 0 Å². The summed E-state index contributed by atoms with van der Waals surface area (Å²) < 4.78 is 40.3. The molecule has 9 heteroatoms. The number of benzene rings is 1. The van der Waals surface area contributed by atoms with Crippen LogP contribution in [0.5, 0.6) is 0 Å². The molecule has 0 heterocycles. The number of carbonyl (C=O) groups is 1. The Bertz CT molecular complexity index is 705. The van der Waals surface area contributed by atoms with Crippen molar-refractivity contribution in [2.24, 2.45) is 0 Å². The van der Waals surface area contributed by atoms with Gasteiger partial charge in [-0.2, -0.15) is 24.5 Å². The first-order valence-electron chi connectivity index (χ1n) is 9.15. The van der Waals surface area contributed by atoms with Gasteiger partial charge in [-0.25, -0.2) is 8.70 Å². The van der Waals surface area contributed by atoms with Crippen LogP contribution >= 0.6 is 11.8 Å². The SMILES string of the molecule is CN(C)S(=O)(=O)N(CC(=O)NCCSC1CCCCC1)c1ccc(F)cc1. The molecule has 1 aliphatic rings. The molecular weight excluding hydrogens is 389 g/mol. The molecule has 1 N–H and O–H groups in total. The van der Waals surface area contributed by atoms with Gasteiger partial charge in [-0.05, 0) is 37.1 Å². The summed E-state index contributed by atoms with van der Waals surface area (Å²) >= 11 is 1.87. The average molecular weight is 418 g/mol. The van der Waals surface area contributed by atoms with E-state index in [1.807, 2.05) is 11.8 Å². The van der Waals surface area contributed by atoms with E-state index in [2.05, 4.69) is 5.32 Å². The summed E-state index contributed by atoms with van der Waals surface area (Å²) in [5.74, 6) is -0.0351. The van der Waals surface area contributed by atoms with Crippen LogP contribution in [-0.4, -0.2) is 56.8 Å². The maximum Gasteiger partial charge on any atom is 0.304 e. The van der Waals surface area contributed by atoms with Gasteiger partial charge in [-0.15, -0.1) is 0 Å². The van der Waals surface area contributed by atoms with Crippen LogP contribution in [0.15, 0.2) is 24.3 Å². The van der Waals surface area contributed by atoms with Crippen LogP contribution in [0.4, 0.5) is 10.1 Å². The highest BCUT2D eigenvalue weighted by molar-refractivity contribution is 7.99. The van der Waals surface area contributed by atoms with E-state index >= 15 is 0 Å². The first-order valence-corrected chi connectivity index (χ1v) is 11.6. The third-order valence-electron chi connectivity index (χ3n) is 4.47. The van der Waals surface area contributed by atoms with Crippen LogP contribution in [0.25, 0.3) is 0 Å². The van der Waals surface area contributed by atoms with Crippen LogP contribution in [0.3, 0.4) is 0 Å². The first kappa shape index (κ1) is 22.0. The molecule has 1 aromatic rings. The van der Waals surface area contributed by atoms with Crippen molar-refractivity contribution in [3.8, 4) is 0 Å². The quantitative estimate of drug-likeness (QED) is 0.627. The number of amides is 1. The van der Waals surface area contributed by atoms with Gasteiger partial charge >= 0.3 is 10.2 Å². The molecule has 1 saturated carbocycles. The number of anilines is 1. The van der Waals surface area contributed by atoms with Crippen LogP contribution in [0.1, 0.15) is 32.1 Å². The number of thioether (sulfide) groups is 1. The lowest BCUT2D eigenvalue weighted by molar-refractivity contribution is -0.119. The number of halogens is 1. The van der Waals surface area contributed by atoms with E-state index in [-0.39, 0.29) is 18.1 Å². The molecule has 0 aromatic heterocycles. The fourth-order valence-electron chi connectivity index (χ4n) is 2.94. The lowest BCUT2D eigenvalue weighted by Gasteiger charge is -2.27. The lowest BCUT2D eigenvalue weighted by atomic mass is 10.0. The molecule has 27 heavy (non-hydrogen) atoms. The number of nitrogens with one attached hydrogen (secondary N) is 1.